The Morgan fingerprint density at radius 2 is 1.65 bits per heavy atom. The molecule has 0 aromatic heterocycles. The number of hydrogen-bond donors (Lipinski definition) is 0. The monoisotopic (exact) mass is 261 g/mol. The lowest BCUT2D eigenvalue weighted by Gasteiger charge is -2.37. The Hall–Kier alpha value is -2.35. The van der Waals surface area contributed by atoms with Crippen LogP contribution in [0.3, 0.4) is 0 Å². The van der Waals surface area contributed by atoms with E-state index in [-0.39, 0.29) is 17.7 Å². The van der Waals surface area contributed by atoms with Crippen LogP contribution in [0.2, 0.25) is 0 Å². The van der Waals surface area contributed by atoms with E-state index < -0.39 is 0 Å². The highest BCUT2D eigenvalue weighted by atomic mass is 16.1. The lowest BCUT2D eigenvalue weighted by molar-refractivity contribution is -0.121. The molecular formula is C18H15NO. The zero-order valence-electron chi connectivity index (χ0n) is 11.3. The van der Waals surface area contributed by atoms with Gasteiger partial charge in [0, 0.05) is 12.7 Å². The van der Waals surface area contributed by atoms with E-state index in [0.29, 0.717) is 0 Å². The number of anilines is 1. The van der Waals surface area contributed by atoms with E-state index in [1.165, 1.54) is 0 Å². The van der Waals surface area contributed by atoms with Gasteiger partial charge in [0.25, 0.3) is 0 Å². The van der Waals surface area contributed by atoms with Gasteiger partial charge in [0.1, 0.15) is 6.04 Å². The average molecular weight is 261 g/mol. The lowest BCUT2D eigenvalue weighted by atomic mass is 9.83. The van der Waals surface area contributed by atoms with Crippen molar-refractivity contribution in [1.29, 1.82) is 0 Å². The van der Waals surface area contributed by atoms with Crippen LogP contribution in [0.25, 0.3) is 6.08 Å². The Labute approximate surface area is 118 Å². The van der Waals surface area contributed by atoms with E-state index in [1.54, 1.807) is 0 Å². The molecule has 0 saturated heterocycles. The van der Waals surface area contributed by atoms with Crippen LogP contribution in [0.4, 0.5) is 5.69 Å². The maximum atomic E-state index is 12.9. The number of carbonyl (C=O) groups is 1. The first-order valence-electron chi connectivity index (χ1n) is 6.90. The summed E-state index contributed by atoms with van der Waals surface area (Å²) in [5.41, 5.74) is 4.52. The fourth-order valence-electron chi connectivity index (χ4n) is 3.40. The number of Topliss-reactive ketones (excluding diaryl/α,β-unsaturated/α-hetero) is 1. The quantitative estimate of drug-likeness (QED) is 0.722. The average Bonchev–Trinajstić information content (AvgIpc) is 2.59. The van der Waals surface area contributed by atoms with Crippen molar-refractivity contribution >= 4 is 17.5 Å². The maximum Gasteiger partial charge on any atom is 0.171 e. The fourth-order valence-corrected chi connectivity index (χ4v) is 3.40. The van der Waals surface area contributed by atoms with Crippen LogP contribution in [0.5, 0.6) is 0 Å². The third-order valence-electron chi connectivity index (χ3n) is 4.37. The molecule has 2 aromatic rings. The molecule has 0 saturated carbocycles. The van der Waals surface area contributed by atoms with Crippen molar-refractivity contribution in [3.63, 3.8) is 0 Å². The van der Waals surface area contributed by atoms with Crippen molar-refractivity contribution in [3.05, 3.63) is 71.3 Å². The second kappa shape index (κ2) is 4.07. The minimum Gasteiger partial charge on any atom is -0.360 e. The Bertz CT molecular complexity index is 732. The molecule has 2 atom stereocenters. The van der Waals surface area contributed by atoms with Crippen LogP contribution in [0, 0.1) is 0 Å². The Morgan fingerprint density at radius 1 is 0.950 bits per heavy atom. The van der Waals surface area contributed by atoms with E-state index in [0.717, 1.165) is 22.4 Å². The summed E-state index contributed by atoms with van der Waals surface area (Å²) in [5.74, 6) is 0.146. The number of rotatable bonds is 0. The Balaban J connectivity index is 2.01. The number of benzene rings is 2. The van der Waals surface area contributed by atoms with Crippen LogP contribution in [-0.4, -0.2) is 12.8 Å². The normalized spacial score (nSPS) is 23.1. The van der Waals surface area contributed by atoms with Gasteiger partial charge in [-0.3, -0.25) is 4.79 Å². The molecule has 2 heteroatoms. The van der Waals surface area contributed by atoms with Crippen molar-refractivity contribution in [2.45, 2.75) is 12.0 Å². The molecule has 0 spiro atoms. The molecule has 2 aromatic carbocycles. The molecule has 0 fully saturated rings. The van der Waals surface area contributed by atoms with Crippen LogP contribution >= 0.6 is 0 Å². The Kier molecular flexibility index (Phi) is 2.34. The number of hydrogen-bond acceptors (Lipinski definition) is 2. The summed E-state index contributed by atoms with van der Waals surface area (Å²) in [4.78, 5) is 15.0. The summed E-state index contributed by atoms with van der Waals surface area (Å²) in [6, 6.07) is 16.2. The molecule has 0 radical (unpaired) electrons. The van der Waals surface area contributed by atoms with Crippen LogP contribution < -0.4 is 4.90 Å². The third-order valence-corrected chi connectivity index (χ3v) is 4.37. The molecule has 2 unspecified atom stereocenters. The van der Waals surface area contributed by atoms with E-state index >= 15 is 0 Å². The van der Waals surface area contributed by atoms with Crippen molar-refractivity contribution < 1.29 is 4.79 Å². The third kappa shape index (κ3) is 1.42. The summed E-state index contributed by atoms with van der Waals surface area (Å²) in [5, 5.41) is 0. The number of carbonyl (C=O) groups excluding carboxylic acids is 1. The van der Waals surface area contributed by atoms with E-state index in [4.69, 9.17) is 0 Å². The highest BCUT2D eigenvalue weighted by molar-refractivity contribution is 6.01. The predicted octanol–water partition coefficient (Wildman–Crippen LogP) is 3.56. The minimum atomic E-state index is -0.180. The lowest BCUT2D eigenvalue weighted by Crippen LogP contribution is -2.38. The number of allylic oxidation sites excluding steroid dienone is 1. The van der Waals surface area contributed by atoms with E-state index in [1.807, 2.05) is 37.4 Å². The van der Waals surface area contributed by atoms with Gasteiger partial charge in [-0.1, -0.05) is 54.6 Å². The van der Waals surface area contributed by atoms with Gasteiger partial charge in [0.2, 0.25) is 0 Å². The molecule has 1 aliphatic carbocycles. The zero-order valence-corrected chi connectivity index (χ0v) is 11.3. The number of fused-ring (bicyclic) bond motifs is 6. The van der Waals surface area contributed by atoms with Gasteiger partial charge in [0.05, 0.1) is 5.92 Å². The largest absolute Gasteiger partial charge is 0.360 e. The van der Waals surface area contributed by atoms with Gasteiger partial charge in [0.15, 0.2) is 5.78 Å². The summed E-state index contributed by atoms with van der Waals surface area (Å²) >= 11 is 0. The smallest absolute Gasteiger partial charge is 0.171 e. The van der Waals surface area contributed by atoms with Crippen LogP contribution in [-0.2, 0) is 4.79 Å². The predicted molar refractivity (Wildman–Crippen MR) is 80.8 cm³/mol. The summed E-state index contributed by atoms with van der Waals surface area (Å²) in [7, 11) is 2.01. The second-order valence-electron chi connectivity index (χ2n) is 5.44. The number of nitrogens with zero attached hydrogens (tertiary/aromatic N) is 1. The highest BCUT2D eigenvalue weighted by Gasteiger charge is 2.39. The first-order chi connectivity index (χ1) is 9.77. The van der Waals surface area contributed by atoms with Crippen molar-refractivity contribution in [3.8, 4) is 0 Å². The van der Waals surface area contributed by atoms with Gasteiger partial charge < -0.3 is 4.90 Å². The molecular weight excluding hydrogens is 246 g/mol. The van der Waals surface area contributed by atoms with Gasteiger partial charge >= 0.3 is 0 Å². The number of ketones is 1. The topological polar surface area (TPSA) is 20.3 Å². The second-order valence-corrected chi connectivity index (χ2v) is 5.44. The van der Waals surface area contributed by atoms with Gasteiger partial charge in [-0.25, -0.2) is 0 Å². The highest BCUT2D eigenvalue weighted by Crippen LogP contribution is 2.44. The first-order valence-corrected chi connectivity index (χ1v) is 6.90. The molecule has 1 aliphatic heterocycles. The summed E-state index contributed by atoms with van der Waals surface area (Å²) in [6.45, 7) is 0. The number of para-hydroxylation sites is 1. The minimum absolute atomic E-state index is 0.125. The van der Waals surface area contributed by atoms with Gasteiger partial charge in [-0.05, 0) is 22.8 Å². The molecule has 2 nitrogen and oxygen atoms in total. The molecule has 0 N–H and O–H groups in total. The van der Waals surface area contributed by atoms with Gasteiger partial charge in [-0.2, -0.15) is 0 Å². The van der Waals surface area contributed by atoms with Crippen molar-refractivity contribution in [2.75, 3.05) is 11.9 Å². The zero-order chi connectivity index (χ0) is 13.7. The first kappa shape index (κ1) is 11.5. The molecule has 2 bridgehead atoms. The molecule has 4 rings (SSSR count). The molecule has 0 amide bonds. The van der Waals surface area contributed by atoms with Crippen LogP contribution in [0.15, 0.2) is 54.6 Å². The molecule has 98 valence electrons. The van der Waals surface area contributed by atoms with Crippen LogP contribution in [0.1, 0.15) is 28.7 Å². The van der Waals surface area contributed by atoms with Gasteiger partial charge in [-0.15, -0.1) is 0 Å². The summed E-state index contributed by atoms with van der Waals surface area (Å²) < 4.78 is 0. The SMILES string of the molecule is CN1c2ccccc2C2C=Cc3ccccc3C1C2=O. The molecule has 1 heterocycles. The molecule has 2 aliphatic rings. The maximum absolute atomic E-state index is 12.9. The van der Waals surface area contributed by atoms with Crippen molar-refractivity contribution in [1.82, 2.24) is 0 Å². The molecule has 20 heavy (non-hydrogen) atoms. The van der Waals surface area contributed by atoms with E-state index in [2.05, 4.69) is 35.2 Å². The standard InChI is InChI=1S/C18H15NO/c1-19-16-9-5-4-8-14(16)15-11-10-12-6-2-3-7-13(12)17(19)18(15)20/h2-11,15,17H,1H3. The Morgan fingerprint density at radius 3 is 2.50 bits per heavy atom. The fraction of sp³-hybridized carbons (Fsp3) is 0.167. The summed E-state index contributed by atoms with van der Waals surface area (Å²) in [6.07, 6.45) is 4.14. The van der Waals surface area contributed by atoms with E-state index in [9.17, 15) is 4.79 Å². The van der Waals surface area contributed by atoms with Crippen molar-refractivity contribution in [2.24, 2.45) is 0 Å². The number of likely N-dealkylation sites (N-methyl/N-ethyl adjacent to an activating group) is 1.